The van der Waals surface area contributed by atoms with Gasteiger partial charge in [-0.2, -0.15) is 0 Å². The highest BCUT2D eigenvalue weighted by Crippen LogP contribution is 2.44. The molecule has 1 amide bonds. The number of ether oxygens (including phenoxy) is 1. The maximum atomic E-state index is 12.1. The van der Waals surface area contributed by atoms with Crippen LogP contribution in [0, 0.1) is 5.92 Å². The Morgan fingerprint density at radius 3 is 2.28 bits per heavy atom. The summed E-state index contributed by atoms with van der Waals surface area (Å²) in [5.41, 5.74) is 4.87. The van der Waals surface area contributed by atoms with Crippen LogP contribution in [0.4, 0.5) is 4.79 Å². The summed E-state index contributed by atoms with van der Waals surface area (Å²) in [7, 11) is 0. The third-order valence-corrected chi connectivity index (χ3v) is 5.47. The number of aliphatic hydroxyl groups is 1. The number of alkyl carbamates (subject to hydrolysis) is 1. The van der Waals surface area contributed by atoms with Gasteiger partial charge in [-0.05, 0) is 35.1 Å². The first-order valence-corrected chi connectivity index (χ1v) is 9.01. The number of nitrogens with one attached hydrogen (secondary N) is 1. The highest BCUT2D eigenvalue weighted by Gasteiger charge is 2.29. The number of carbonyl (C=O) groups is 1. The number of carbonyl (C=O) groups excluding carboxylic acids is 1. The SMILES string of the molecule is O=C(NC[C@@H]1CCC[C@H]1O)OCC1c2ccccc2-c2ccccc21. The Kier molecular flexibility index (Phi) is 4.45. The zero-order valence-corrected chi connectivity index (χ0v) is 14.2. The second kappa shape index (κ2) is 6.89. The Balaban J connectivity index is 1.40. The molecule has 0 heterocycles. The average molecular weight is 337 g/mol. The van der Waals surface area contributed by atoms with Gasteiger partial charge in [0.15, 0.2) is 0 Å². The topological polar surface area (TPSA) is 58.6 Å². The lowest BCUT2D eigenvalue weighted by Gasteiger charge is -2.17. The maximum Gasteiger partial charge on any atom is 0.407 e. The van der Waals surface area contributed by atoms with Gasteiger partial charge in [-0.25, -0.2) is 4.79 Å². The molecule has 0 radical (unpaired) electrons. The van der Waals surface area contributed by atoms with Gasteiger partial charge in [0.2, 0.25) is 0 Å². The summed E-state index contributed by atoms with van der Waals surface area (Å²) in [6.45, 7) is 0.810. The van der Waals surface area contributed by atoms with Crippen LogP contribution in [0.2, 0.25) is 0 Å². The molecule has 4 heteroatoms. The van der Waals surface area contributed by atoms with E-state index < -0.39 is 6.09 Å². The Morgan fingerprint density at radius 2 is 1.68 bits per heavy atom. The van der Waals surface area contributed by atoms with Crippen molar-refractivity contribution in [3.63, 3.8) is 0 Å². The second-order valence-corrected chi connectivity index (χ2v) is 6.96. The minimum absolute atomic E-state index is 0.0789. The zero-order valence-electron chi connectivity index (χ0n) is 14.2. The average Bonchev–Trinajstić information content (AvgIpc) is 3.19. The minimum atomic E-state index is -0.402. The van der Waals surface area contributed by atoms with E-state index in [-0.39, 0.29) is 17.9 Å². The molecule has 2 aliphatic rings. The number of hydrogen-bond donors (Lipinski definition) is 2. The molecule has 0 aromatic heterocycles. The van der Waals surface area contributed by atoms with Crippen LogP contribution in [0.25, 0.3) is 11.1 Å². The predicted molar refractivity (Wildman–Crippen MR) is 96.4 cm³/mol. The van der Waals surface area contributed by atoms with Gasteiger partial charge in [0, 0.05) is 18.4 Å². The monoisotopic (exact) mass is 337 g/mol. The fraction of sp³-hybridized carbons (Fsp3) is 0.381. The molecule has 4 rings (SSSR count). The first-order valence-electron chi connectivity index (χ1n) is 9.01. The third-order valence-electron chi connectivity index (χ3n) is 5.47. The molecule has 1 fully saturated rings. The van der Waals surface area contributed by atoms with E-state index in [4.69, 9.17) is 4.74 Å². The van der Waals surface area contributed by atoms with Crippen LogP contribution in [0.5, 0.6) is 0 Å². The molecule has 1 saturated carbocycles. The van der Waals surface area contributed by atoms with E-state index >= 15 is 0 Å². The Labute approximate surface area is 147 Å². The van der Waals surface area contributed by atoms with E-state index in [2.05, 4.69) is 29.6 Å². The lowest BCUT2D eigenvalue weighted by Crippen LogP contribution is -2.33. The van der Waals surface area contributed by atoms with E-state index in [1.54, 1.807) is 0 Å². The fourth-order valence-corrected chi connectivity index (χ4v) is 4.12. The van der Waals surface area contributed by atoms with Gasteiger partial charge in [-0.15, -0.1) is 0 Å². The summed E-state index contributed by atoms with van der Waals surface area (Å²) >= 11 is 0. The van der Waals surface area contributed by atoms with E-state index in [1.165, 1.54) is 22.3 Å². The number of benzene rings is 2. The fourth-order valence-electron chi connectivity index (χ4n) is 4.12. The molecule has 0 bridgehead atoms. The molecule has 25 heavy (non-hydrogen) atoms. The first-order chi connectivity index (χ1) is 12.2. The first kappa shape index (κ1) is 16.2. The lowest BCUT2D eigenvalue weighted by atomic mass is 9.98. The Morgan fingerprint density at radius 1 is 1.04 bits per heavy atom. The quantitative estimate of drug-likeness (QED) is 0.895. The standard InChI is InChI=1S/C21H23NO3/c23-20-11-5-6-14(20)12-22-21(24)25-13-19-17-9-3-1-7-15(17)16-8-2-4-10-18(16)19/h1-4,7-10,14,19-20,23H,5-6,11-13H2,(H,22,24)/t14-,20+/m0/s1. The van der Waals surface area contributed by atoms with E-state index in [9.17, 15) is 9.90 Å². The van der Waals surface area contributed by atoms with Crippen molar-refractivity contribution in [3.8, 4) is 11.1 Å². The van der Waals surface area contributed by atoms with Crippen molar-refractivity contribution in [2.75, 3.05) is 13.2 Å². The molecule has 4 nitrogen and oxygen atoms in total. The Bertz CT molecular complexity index is 728. The van der Waals surface area contributed by atoms with Crippen LogP contribution < -0.4 is 5.32 Å². The summed E-state index contributed by atoms with van der Waals surface area (Å²) in [6.07, 6.45) is 2.12. The highest BCUT2D eigenvalue weighted by molar-refractivity contribution is 5.79. The van der Waals surface area contributed by atoms with Crippen molar-refractivity contribution in [3.05, 3.63) is 59.7 Å². The predicted octanol–water partition coefficient (Wildman–Crippen LogP) is 3.69. The summed E-state index contributed by atoms with van der Waals surface area (Å²) in [6, 6.07) is 16.6. The highest BCUT2D eigenvalue weighted by atomic mass is 16.5. The van der Waals surface area contributed by atoms with Crippen LogP contribution in [0.3, 0.4) is 0 Å². The van der Waals surface area contributed by atoms with Crippen molar-refractivity contribution in [1.82, 2.24) is 5.32 Å². The molecular weight excluding hydrogens is 314 g/mol. The summed E-state index contributed by atoms with van der Waals surface area (Å²) in [5.74, 6) is 0.232. The van der Waals surface area contributed by atoms with Gasteiger partial charge in [0.25, 0.3) is 0 Å². The van der Waals surface area contributed by atoms with Crippen LogP contribution in [-0.2, 0) is 4.74 Å². The largest absolute Gasteiger partial charge is 0.449 e. The number of rotatable bonds is 4. The van der Waals surface area contributed by atoms with Gasteiger partial charge in [0.05, 0.1) is 6.10 Å². The minimum Gasteiger partial charge on any atom is -0.449 e. The van der Waals surface area contributed by atoms with E-state index in [0.717, 1.165) is 19.3 Å². The molecule has 0 spiro atoms. The van der Waals surface area contributed by atoms with Gasteiger partial charge < -0.3 is 15.2 Å². The molecule has 2 aromatic rings. The van der Waals surface area contributed by atoms with Crippen LogP contribution >= 0.6 is 0 Å². The van der Waals surface area contributed by atoms with Crippen LogP contribution in [-0.4, -0.2) is 30.5 Å². The summed E-state index contributed by atoms with van der Waals surface area (Å²) in [4.78, 5) is 12.1. The number of amides is 1. The number of aliphatic hydroxyl groups excluding tert-OH is 1. The Hall–Kier alpha value is -2.33. The lowest BCUT2D eigenvalue weighted by molar-refractivity contribution is 0.119. The molecule has 0 aliphatic heterocycles. The van der Waals surface area contributed by atoms with Gasteiger partial charge in [-0.3, -0.25) is 0 Å². The van der Waals surface area contributed by atoms with Gasteiger partial charge in [0.1, 0.15) is 6.61 Å². The van der Waals surface area contributed by atoms with Gasteiger partial charge >= 0.3 is 6.09 Å². The molecule has 2 aliphatic carbocycles. The van der Waals surface area contributed by atoms with E-state index in [1.807, 2.05) is 24.3 Å². The third kappa shape index (κ3) is 3.14. The molecule has 0 saturated heterocycles. The normalized spacial score (nSPS) is 21.6. The molecule has 130 valence electrons. The molecule has 0 unspecified atom stereocenters. The molecule has 2 atom stereocenters. The molecule has 2 aromatic carbocycles. The van der Waals surface area contributed by atoms with Crippen molar-refractivity contribution in [2.24, 2.45) is 5.92 Å². The second-order valence-electron chi connectivity index (χ2n) is 6.96. The van der Waals surface area contributed by atoms with E-state index in [0.29, 0.717) is 13.2 Å². The maximum absolute atomic E-state index is 12.1. The van der Waals surface area contributed by atoms with Gasteiger partial charge in [-0.1, -0.05) is 55.0 Å². The van der Waals surface area contributed by atoms with Crippen LogP contribution in [0.1, 0.15) is 36.3 Å². The van der Waals surface area contributed by atoms with Crippen molar-refractivity contribution >= 4 is 6.09 Å². The van der Waals surface area contributed by atoms with Crippen molar-refractivity contribution in [1.29, 1.82) is 0 Å². The summed E-state index contributed by atoms with van der Waals surface area (Å²) < 4.78 is 5.50. The molecular formula is C21H23NO3. The summed E-state index contributed by atoms with van der Waals surface area (Å²) in [5, 5.41) is 12.6. The number of hydrogen-bond acceptors (Lipinski definition) is 3. The smallest absolute Gasteiger partial charge is 0.407 e. The zero-order chi connectivity index (χ0) is 17.2. The number of fused-ring (bicyclic) bond motifs is 3. The van der Waals surface area contributed by atoms with Crippen LogP contribution in [0.15, 0.2) is 48.5 Å². The molecule has 2 N–H and O–H groups in total. The van der Waals surface area contributed by atoms with Crippen molar-refractivity contribution < 1.29 is 14.6 Å². The van der Waals surface area contributed by atoms with Crippen molar-refractivity contribution in [2.45, 2.75) is 31.3 Å².